The molecule has 0 aliphatic rings. The van der Waals surface area contributed by atoms with Gasteiger partial charge in [-0.05, 0) is 23.3 Å². The molecule has 6 nitrogen and oxygen atoms in total. The van der Waals surface area contributed by atoms with Crippen LogP contribution in [0.15, 0.2) is 67.3 Å². The van der Waals surface area contributed by atoms with Gasteiger partial charge in [0.25, 0.3) is 0 Å². The van der Waals surface area contributed by atoms with Crippen LogP contribution in [0.1, 0.15) is 16.7 Å². The number of benzene rings is 2. The van der Waals surface area contributed by atoms with E-state index in [4.69, 9.17) is 4.74 Å². The van der Waals surface area contributed by atoms with E-state index in [1.807, 2.05) is 0 Å². The van der Waals surface area contributed by atoms with E-state index in [0.717, 1.165) is 29.5 Å². The maximum absolute atomic E-state index is 15.6. The van der Waals surface area contributed by atoms with E-state index in [1.165, 1.54) is 0 Å². The van der Waals surface area contributed by atoms with E-state index >= 15 is 8.78 Å². The number of hydrogen-bond donors (Lipinski definition) is 0. The van der Waals surface area contributed by atoms with Gasteiger partial charge in [0.2, 0.25) is 9.84 Å². The zero-order chi connectivity index (χ0) is 23.6. The second-order valence-electron chi connectivity index (χ2n) is 7.06. The SMILES string of the molecule is CS(=O)(=O)C(F)(F)C(Cn1cncn1)(OCc1ccccc1)c1ccc(C(F)(F)F)cc1. The zero-order valence-electron chi connectivity index (χ0n) is 16.6. The Balaban J connectivity index is 2.19. The Morgan fingerprint density at radius 2 is 1.53 bits per heavy atom. The molecule has 1 atom stereocenters. The van der Waals surface area contributed by atoms with Gasteiger partial charge in [-0.1, -0.05) is 42.5 Å². The predicted molar refractivity (Wildman–Crippen MR) is 104 cm³/mol. The van der Waals surface area contributed by atoms with Crippen LogP contribution in [0.3, 0.4) is 0 Å². The zero-order valence-corrected chi connectivity index (χ0v) is 17.4. The summed E-state index contributed by atoms with van der Waals surface area (Å²) in [5.41, 5.74) is -4.01. The standard InChI is InChI=1S/C20H18F5N3O3S/c1-32(29,30)20(24,25)18(12-28-14-26-13-27-28,31-11-15-5-3-2-4-6-15)16-7-9-17(10-8-16)19(21,22)23/h2-10,13-14H,11-12H2,1H3. The van der Waals surface area contributed by atoms with Crippen LogP contribution in [0.25, 0.3) is 0 Å². The van der Waals surface area contributed by atoms with Gasteiger partial charge in [-0.15, -0.1) is 0 Å². The van der Waals surface area contributed by atoms with E-state index in [9.17, 15) is 21.6 Å². The molecule has 0 saturated heterocycles. The lowest BCUT2D eigenvalue weighted by Crippen LogP contribution is -2.54. The molecule has 1 aromatic heterocycles. The van der Waals surface area contributed by atoms with E-state index in [-0.39, 0.29) is 0 Å². The second kappa shape index (κ2) is 8.58. The minimum atomic E-state index is -5.10. The van der Waals surface area contributed by atoms with Crippen LogP contribution in [0.2, 0.25) is 0 Å². The van der Waals surface area contributed by atoms with Gasteiger partial charge in [-0.3, -0.25) is 0 Å². The van der Waals surface area contributed by atoms with Crippen molar-refractivity contribution in [3.63, 3.8) is 0 Å². The molecule has 2 aromatic carbocycles. The average molecular weight is 475 g/mol. The molecule has 0 aliphatic heterocycles. The maximum atomic E-state index is 15.6. The first-order valence-electron chi connectivity index (χ1n) is 9.12. The van der Waals surface area contributed by atoms with Crippen LogP contribution >= 0.6 is 0 Å². The van der Waals surface area contributed by atoms with Crippen LogP contribution < -0.4 is 0 Å². The minimum Gasteiger partial charge on any atom is -0.356 e. The normalized spacial score (nSPS) is 14.8. The molecule has 3 aromatic rings. The van der Waals surface area contributed by atoms with Crippen molar-refractivity contribution in [2.24, 2.45) is 0 Å². The van der Waals surface area contributed by atoms with Gasteiger partial charge in [0, 0.05) is 6.26 Å². The summed E-state index contributed by atoms with van der Waals surface area (Å²) in [6.45, 7) is -1.27. The van der Waals surface area contributed by atoms with Gasteiger partial charge in [0.05, 0.1) is 18.7 Å². The molecule has 3 rings (SSSR count). The molecule has 1 heterocycles. The summed E-state index contributed by atoms with van der Waals surface area (Å²) in [5, 5.41) is -0.790. The molecular formula is C20H18F5N3O3S. The van der Waals surface area contributed by atoms with Crippen molar-refractivity contribution < 1.29 is 35.1 Å². The number of alkyl halides is 5. The Hall–Kier alpha value is -2.86. The largest absolute Gasteiger partial charge is 0.416 e. The number of sulfone groups is 1. The first-order valence-corrected chi connectivity index (χ1v) is 11.0. The lowest BCUT2D eigenvalue weighted by Gasteiger charge is -2.39. The lowest BCUT2D eigenvalue weighted by molar-refractivity contribution is -0.188. The van der Waals surface area contributed by atoms with E-state index < -0.39 is 51.1 Å². The van der Waals surface area contributed by atoms with Gasteiger partial charge in [0.1, 0.15) is 12.7 Å². The Kier molecular flexibility index (Phi) is 6.38. The summed E-state index contributed by atoms with van der Waals surface area (Å²) in [7, 11) is -5.10. The molecule has 0 saturated carbocycles. The van der Waals surface area contributed by atoms with Crippen molar-refractivity contribution in [2.75, 3.05) is 6.26 Å². The average Bonchev–Trinajstić information content (AvgIpc) is 3.23. The third kappa shape index (κ3) is 4.65. The second-order valence-corrected chi connectivity index (χ2v) is 9.12. The Bertz CT molecular complexity index is 1140. The van der Waals surface area contributed by atoms with Crippen LogP contribution in [0.4, 0.5) is 22.0 Å². The highest BCUT2D eigenvalue weighted by Crippen LogP contribution is 2.47. The number of rotatable bonds is 8. The number of halogens is 5. The Morgan fingerprint density at radius 3 is 2.03 bits per heavy atom. The van der Waals surface area contributed by atoms with Crippen molar-refractivity contribution in [1.29, 1.82) is 0 Å². The van der Waals surface area contributed by atoms with Crippen LogP contribution in [0.5, 0.6) is 0 Å². The molecule has 0 aliphatic carbocycles. The van der Waals surface area contributed by atoms with Crippen LogP contribution in [-0.2, 0) is 39.5 Å². The maximum Gasteiger partial charge on any atom is 0.416 e. The summed E-state index contributed by atoms with van der Waals surface area (Å²) in [6, 6.07) is 10.8. The first-order chi connectivity index (χ1) is 14.9. The fraction of sp³-hybridized carbons (Fsp3) is 0.300. The summed E-state index contributed by atoms with van der Waals surface area (Å²) >= 11 is 0. The molecule has 0 radical (unpaired) electrons. The van der Waals surface area contributed by atoms with Gasteiger partial charge < -0.3 is 4.74 Å². The smallest absolute Gasteiger partial charge is 0.356 e. The quantitative estimate of drug-likeness (QED) is 0.460. The fourth-order valence-electron chi connectivity index (χ4n) is 3.12. The van der Waals surface area contributed by atoms with Crippen molar-refractivity contribution in [1.82, 2.24) is 14.8 Å². The van der Waals surface area contributed by atoms with E-state index in [1.54, 1.807) is 30.3 Å². The summed E-state index contributed by atoms with van der Waals surface area (Å²) in [4.78, 5) is 3.66. The van der Waals surface area contributed by atoms with Gasteiger partial charge in [0.15, 0.2) is 5.60 Å². The summed E-state index contributed by atoms with van der Waals surface area (Å²) in [5.74, 6) is 0. The molecule has 0 spiro atoms. The molecular weight excluding hydrogens is 457 g/mol. The van der Waals surface area contributed by atoms with Crippen LogP contribution in [-0.4, -0.2) is 34.7 Å². The molecule has 0 fully saturated rings. The third-order valence-corrected chi connectivity index (χ3v) is 6.05. The van der Waals surface area contributed by atoms with Crippen molar-refractivity contribution in [3.8, 4) is 0 Å². The molecule has 32 heavy (non-hydrogen) atoms. The number of hydrogen-bond acceptors (Lipinski definition) is 5. The van der Waals surface area contributed by atoms with Gasteiger partial charge >= 0.3 is 11.4 Å². The number of ether oxygens (including phenoxy) is 1. The number of nitrogens with zero attached hydrogens (tertiary/aromatic N) is 3. The first kappa shape index (κ1) is 23.8. The Labute approximate surface area is 180 Å². The molecule has 0 N–H and O–H groups in total. The van der Waals surface area contributed by atoms with Gasteiger partial charge in [-0.25, -0.2) is 18.1 Å². The monoisotopic (exact) mass is 475 g/mol. The highest BCUT2D eigenvalue weighted by atomic mass is 32.2. The van der Waals surface area contributed by atoms with Gasteiger partial charge in [-0.2, -0.15) is 27.1 Å². The van der Waals surface area contributed by atoms with Crippen molar-refractivity contribution in [3.05, 3.63) is 83.9 Å². The molecule has 0 bridgehead atoms. The molecule has 1 unspecified atom stereocenters. The van der Waals surface area contributed by atoms with Crippen molar-refractivity contribution in [2.45, 2.75) is 30.2 Å². The predicted octanol–water partition coefficient (Wildman–Crippen LogP) is 4.05. The van der Waals surface area contributed by atoms with Crippen molar-refractivity contribution >= 4 is 9.84 Å². The third-order valence-electron chi connectivity index (χ3n) is 4.79. The summed E-state index contributed by atoms with van der Waals surface area (Å²) < 4.78 is 101. The van der Waals surface area contributed by atoms with E-state index in [0.29, 0.717) is 24.0 Å². The van der Waals surface area contributed by atoms with E-state index in [2.05, 4.69) is 10.1 Å². The van der Waals surface area contributed by atoms with Crippen LogP contribution in [0, 0.1) is 0 Å². The Morgan fingerprint density at radius 1 is 0.938 bits per heavy atom. The minimum absolute atomic E-state index is 0.332. The molecule has 0 amide bonds. The highest BCUT2D eigenvalue weighted by molar-refractivity contribution is 7.91. The highest BCUT2D eigenvalue weighted by Gasteiger charge is 2.63. The molecule has 172 valence electrons. The fourth-order valence-corrected chi connectivity index (χ4v) is 3.96. The summed E-state index contributed by atoms with van der Waals surface area (Å²) in [6.07, 6.45) is -2.26. The number of aromatic nitrogens is 3. The molecule has 12 heteroatoms. The lowest BCUT2D eigenvalue weighted by atomic mass is 9.92. The topological polar surface area (TPSA) is 74.1 Å².